The van der Waals surface area contributed by atoms with Crippen LogP contribution in [0.3, 0.4) is 0 Å². The lowest BCUT2D eigenvalue weighted by Gasteiger charge is -2.42. The molecule has 3 fully saturated rings. The number of fused-ring (bicyclic) bond motifs is 9. The highest BCUT2D eigenvalue weighted by Crippen LogP contribution is 2.70. The van der Waals surface area contributed by atoms with Crippen molar-refractivity contribution in [1.82, 2.24) is 0 Å². The van der Waals surface area contributed by atoms with Gasteiger partial charge in [-0.2, -0.15) is 0 Å². The Bertz CT molecular complexity index is 446. The van der Waals surface area contributed by atoms with Crippen molar-refractivity contribution >= 4 is 8.80 Å². The fraction of sp³-hybridized carbons (Fsp3) is 0.889. The third-order valence-corrected chi connectivity index (χ3v) is 10.4. The maximum absolute atomic E-state index is 6.26. The van der Waals surface area contributed by atoms with E-state index in [1.54, 1.807) is 5.57 Å². The zero-order chi connectivity index (χ0) is 15.3. The van der Waals surface area contributed by atoms with Gasteiger partial charge >= 0.3 is 8.80 Å². The van der Waals surface area contributed by atoms with Crippen molar-refractivity contribution in [3.8, 4) is 0 Å². The molecule has 0 spiro atoms. The van der Waals surface area contributed by atoms with E-state index < -0.39 is 8.80 Å². The highest BCUT2D eigenvalue weighted by molar-refractivity contribution is 6.62. The number of hydrogen-bond donors (Lipinski definition) is 0. The van der Waals surface area contributed by atoms with Crippen LogP contribution in [0, 0.1) is 29.6 Å². The van der Waals surface area contributed by atoms with Crippen molar-refractivity contribution in [3.63, 3.8) is 0 Å². The lowest BCUT2D eigenvalue weighted by molar-refractivity contribution is 0.0440. The molecule has 6 unspecified atom stereocenters. The summed E-state index contributed by atoms with van der Waals surface area (Å²) in [7, 11) is -2.52. The van der Waals surface area contributed by atoms with Gasteiger partial charge in [0.2, 0.25) is 0 Å². The van der Waals surface area contributed by atoms with E-state index in [1.807, 2.05) is 0 Å². The second-order valence-electron chi connectivity index (χ2n) is 7.49. The summed E-state index contributed by atoms with van der Waals surface area (Å²) in [5, 5.41) is 0. The summed E-state index contributed by atoms with van der Waals surface area (Å²) < 4.78 is 18.8. The number of rotatable bonds is 7. The van der Waals surface area contributed by atoms with Crippen LogP contribution < -0.4 is 0 Å². The average molecular weight is 323 g/mol. The minimum Gasteiger partial charge on any atom is -0.374 e. The van der Waals surface area contributed by atoms with Crippen molar-refractivity contribution in [2.24, 2.45) is 29.6 Å². The van der Waals surface area contributed by atoms with Gasteiger partial charge in [-0.05, 0) is 76.0 Å². The van der Waals surface area contributed by atoms with Crippen LogP contribution >= 0.6 is 0 Å². The number of hydrogen-bond acceptors (Lipinski definition) is 3. The molecular formula is C18H30O3Si. The van der Waals surface area contributed by atoms with Crippen LogP contribution in [0.15, 0.2) is 11.6 Å². The quantitative estimate of drug-likeness (QED) is 0.402. The van der Waals surface area contributed by atoms with Gasteiger partial charge in [-0.15, -0.1) is 0 Å². The maximum Gasteiger partial charge on any atom is 0.504 e. The lowest BCUT2D eigenvalue weighted by Crippen LogP contribution is -2.53. The van der Waals surface area contributed by atoms with Gasteiger partial charge in [0.15, 0.2) is 0 Å². The van der Waals surface area contributed by atoms with Crippen molar-refractivity contribution in [1.29, 1.82) is 0 Å². The van der Waals surface area contributed by atoms with Gasteiger partial charge in [-0.1, -0.05) is 11.6 Å². The summed E-state index contributed by atoms with van der Waals surface area (Å²) in [4.78, 5) is 0. The van der Waals surface area contributed by atoms with Gasteiger partial charge in [0, 0.05) is 25.4 Å². The largest absolute Gasteiger partial charge is 0.504 e. The van der Waals surface area contributed by atoms with E-state index >= 15 is 0 Å². The molecule has 4 aliphatic carbocycles. The van der Waals surface area contributed by atoms with Crippen LogP contribution in [0.25, 0.3) is 0 Å². The predicted octanol–water partition coefficient (Wildman–Crippen LogP) is 4.03. The van der Waals surface area contributed by atoms with Crippen LogP contribution in [0.2, 0.25) is 5.54 Å². The van der Waals surface area contributed by atoms with Gasteiger partial charge < -0.3 is 13.3 Å². The Labute approximate surface area is 135 Å². The molecule has 3 nitrogen and oxygen atoms in total. The highest BCUT2D eigenvalue weighted by atomic mass is 28.4. The first-order valence-corrected chi connectivity index (χ1v) is 11.1. The molecule has 0 saturated heterocycles. The van der Waals surface area contributed by atoms with E-state index in [0.29, 0.717) is 25.4 Å². The van der Waals surface area contributed by atoms with E-state index in [2.05, 4.69) is 26.8 Å². The first-order valence-electron chi connectivity index (χ1n) is 9.34. The molecule has 124 valence electrons. The summed E-state index contributed by atoms with van der Waals surface area (Å²) in [5.41, 5.74) is 2.36. The molecule has 4 rings (SSSR count). The smallest absolute Gasteiger partial charge is 0.374 e. The Balaban J connectivity index is 1.61. The standard InChI is InChI=1S/C18H30O3Si/c1-4-19-22(20-5-2,21-6-3)16-11-14-10-15(16)18-13-8-7-12(9-13)17(14)18/h7,13-18H,4-6,8-11H2,1-3H3. The molecule has 4 bridgehead atoms. The average Bonchev–Trinajstić information content (AvgIpc) is 3.26. The third kappa shape index (κ3) is 2.03. The first-order chi connectivity index (χ1) is 10.7. The van der Waals surface area contributed by atoms with Crippen LogP contribution in [0.5, 0.6) is 0 Å². The summed E-state index contributed by atoms with van der Waals surface area (Å²) in [5.74, 6) is 4.43. The zero-order valence-electron chi connectivity index (χ0n) is 14.2. The summed E-state index contributed by atoms with van der Waals surface area (Å²) in [6, 6.07) is 0. The van der Waals surface area contributed by atoms with Crippen molar-refractivity contribution < 1.29 is 13.3 Å². The van der Waals surface area contributed by atoms with Crippen molar-refractivity contribution in [2.75, 3.05) is 19.8 Å². The minimum atomic E-state index is -2.52. The summed E-state index contributed by atoms with van der Waals surface area (Å²) >= 11 is 0. The lowest BCUT2D eigenvalue weighted by atomic mass is 9.74. The van der Waals surface area contributed by atoms with Crippen molar-refractivity contribution in [2.45, 2.75) is 52.0 Å². The fourth-order valence-electron chi connectivity index (χ4n) is 6.40. The maximum atomic E-state index is 6.26. The van der Waals surface area contributed by atoms with E-state index in [-0.39, 0.29) is 0 Å². The molecule has 4 heteroatoms. The number of allylic oxidation sites excluding steroid dienone is 2. The molecular weight excluding hydrogens is 292 g/mol. The summed E-state index contributed by atoms with van der Waals surface area (Å²) in [6.07, 6.45) is 7.96. The molecule has 0 radical (unpaired) electrons. The van der Waals surface area contributed by atoms with Crippen LogP contribution in [-0.4, -0.2) is 28.6 Å². The van der Waals surface area contributed by atoms with E-state index in [9.17, 15) is 0 Å². The van der Waals surface area contributed by atoms with Gasteiger partial charge in [0.05, 0.1) is 0 Å². The predicted molar refractivity (Wildman–Crippen MR) is 88.4 cm³/mol. The zero-order valence-corrected chi connectivity index (χ0v) is 15.2. The molecule has 0 aliphatic heterocycles. The molecule has 0 aromatic rings. The monoisotopic (exact) mass is 322 g/mol. The fourth-order valence-corrected chi connectivity index (χ4v) is 9.97. The molecule has 0 N–H and O–H groups in total. The molecule has 0 heterocycles. The molecule has 3 saturated carbocycles. The molecule has 0 aromatic carbocycles. The Morgan fingerprint density at radius 3 is 2.32 bits per heavy atom. The van der Waals surface area contributed by atoms with Crippen LogP contribution in [0.4, 0.5) is 0 Å². The topological polar surface area (TPSA) is 27.7 Å². The molecule has 6 atom stereocenters. The Hall–Kier alpha value is -0.163. The summed E-state index contributed by atoms with van der Waals surface area (Å²) in [6.45, 7) is 8.38. The third-order valence-electron chi connectivity index (χ3n) is 6.71. The first kappa shape index (κ1) is 15.4. The van der Waals surface area contributed by atoms with Gasteiger partial charge in [-0.25, -0.2) is 0 Å². The molecule has 0 aromatic heterocycles. The van der Waals surface area contributed by atoms with Gasteiger partial charge in [0.25, 0.3) is 0 Å². The van der Waals surface area contributed by atoms with Crippen LogP contribution in [0.1, 0.15) is 46.5 Å². The molecule has 4 aliphatic rings. The second kappa shape index (κ2) is 5.73. The SMILES string of the molecule is CCO[Si](OCC)(OCC)C1CC2CC1C1C3CC=C(C3)C21. The van der Waals surface area contributed by atoms with E-state index in [0.717, 1.165) is 29.6 Å². The highest BCUT2D eigenvalue weighted by Gasteiger charge is 2.67. The Morgan fingerprint density at radius 2 is 1.68 bits per heavy atom. The van der Waals surface area contributed by atoms with E-state index in [4.69, 9.17) is 13.3 Å². The van der Waals surface area contributed by atoms with Crippen LogP contribution in [-0.2, 0) is 13.3 Å². The molecule has 0 amide bonds. The van der Waals surface area contributed by atoms with E-state index in [1.165, 1.54) is 25.7 Å². The Kier molecular flexibility index (Phi) is 4.00. The van der Waals surface area contributed by atoms with Gasteiger partial charge in [0.1, 0.15) is 0 Å². The minimum absolute atomic E-state index is 0.554. The normalized spacial score (nSPS) is 42.0. The Morgan fingerprint density at radius 1 is 1.00 bits per heavy atom. The molecule has 22 heavy (non-hydrogen) atoms. The second-order valence-corrected chi connectivity index (χ2v) is 10.3. The van der Waals surface area contributed by atoms with Crippen molar-refractivity contribution in [3.05, 3.63) is 11.6 Å². The van der Waals surface area contributed by atoms with Gasteiger partial charge in [-0.3, -0.25) is 0 Å².